The zero-order chi connectivity index (χ0) is 14.0. The zero-order valence-electron chi connectivity index (χ0n) is 10.5. The summed E-state index contributed by atoms with van der Waals surface area (Å²) in [4.78, 5) is 11.0. The lowest BCUT2D eigenvalue weighted by molar-refractivity contribution is 0.0691. The third-order valence-electron chi connectivity index (χ3n) is 3.00. The van der Waals surface area contributed by atoms with Crippen molar-refractivity contribution >= 4 is 34.2 Å². The number of anilines is 1. The molecule has 0 bridgehead atoms. The van der Waals surface area contributed by atoms with E-state index in [2.05, 4.69) is 17.1 Å². The maximum absolute atomic E-state index is 11.0. The second kappa shape index (κ2) is 5.40. The Morgan fingerprint density at radius 2 is 2.16 bits per heavy atom. The second-order valence-electron chi connectivity index (χ2n) is 4.29. The van der Waals surface area contributed by atoms with Gasteiger partial charge in [-0.05, 0) is 30.5 Å². The Bertz CT molecular complexity index is 643. The highest BCUT2D eigenvalue weighted by molar-refractivity contribution is 6.32. The molecule has 0 spiro atoms. The van der Waals surface area contributed by atoms with E-state index in [9.17, 15) is 4.79 Å². The maximum Gasteiger partial charge on any atom is 0.358 e. The molecule has 100 valence electrons. The van der Waals surface area contributed by atoms with Crippen LogP contribution in [0.2, 0.25) is 5.02 Å². The van der Waals surface area contributed by atoms with Gasteiger partial charge in [0.05, 0.1) is 11.2 Å². The molecule has 2 rings (SSSR count). The van der Waals surface area contributed by atoms with Crippen LogP contribution in [-0.4, -0.2) is 21.3 Å². The third kappa shape index (κ3) is 2.46. The summed E-state index contributed by atoms with van der Waals surface area (Å²) in [6, 6.07) is 3.40. The van der Waals surface area contributed by atoms with Gasteiger partial charge in [-0.25, -0.2) is 4.79 Å². The Balaban J connectivity index is 2.67. The number of unbranched alkanes of at least 4 members (excludes halogenated alkanes) is 1. The van der Waals surface area contributed by atoms with E-state index in [-0.39, 0.29) is 11.4 Å². The van der Waals surface area contributed by atoms with Gasteiger partial charge in [0, 0.05) is 10.4 Å². The summed E-state index contributed by atoms with van der Waals surface area (Å²) in [5.74, 6) is -1.18. The van der Waals surface area contributed by atoms with Crippen molar-refractivity contribution in [3.8, 4) is 0 Å². The number of hydrogen-bond donors (Lipinski definition) is 2. The molecule has 0 radical (unpaired) electrons. The Labute approximate surface area is 115 Å². The number of carbonyl (C=O) groups is 1. The minimum absolute atomic E-state index is 0.131. The molecule has 0 aliphatic carbocycles. The molecule has 5 nitrogen and oxygen atoms in total. The normalized spacial score (nSPS) is 10.8. The van der Waals surface area contributed by atoms with Crippen molar-refractivity contribution in [2.75, 3.05) is 5.73 Å². The fraction of sp³-hybridized carbons (Fsp3) is 0.308. The lowest BCUT2D eigenvalue weighted by Crippen LogP contribution is -2.08. The molecular weight excluding hydrogens is 266 g/mol. The summed E-state index contributed by atoms with van der Waals surface area (Å²) in [7, 11) is 0. The third-order valence-corrected chi connectivity index (χ3v) is 3.36. The number of halogens is 1. The van der Waals surface area contributed by atoms with Crippen LogP contribution in [0.1, 0.15) is 35.8 Å². The average Bonchev–Trinajstić information content (AvgIpc) is 2.37. The zero-order valence-corrected chi connectivity index (χ0v) is 11.2. The van der Waals surface area contributed by atoms with Gasteiger partial charge in [-0.15, -0.1) is 10.2 Å². The van der Waals surface area contributed by atoms with Crippen LogP contribution in [0, 0.1) is 0 Å². The van der Waals surface area contributed by atoms with Crippen LogP contribution < -0.4 is 5.73 Å². The molecule has 0 fully saturated rings. The Morgan fingerprint density at radius 3 is 2.79 bits per heavy atom. The maximum atomic E-state index is 11.0. The molecule has 0 amide bonds. The van der Waals surface area contributed by atoms with E-state index in [0.717, 1.165) is 24.8 Å². The summed E-state index contributed by atoms with van der Waals surface area (Å²) in [5, 5.41) is 17.8. The van der Waals surface area contributed by atoms with Gasteiger partial charge in [0.2, 0.25) is 0 Å². The van der Waals surface area contributed by atoms with Crippen LogP contribution in [0.4, 0.5) is 5.69 Å². The van der Waals surface area contributed by atoms with Crippen LogP contribution in [0.5, 0.6) is 0 Å². The van der Waals surface area contributed by atoms with Crippen molar-refractivity contribution in [3.63, 3.8) is 0 Å². The lowest BCUT2D eigenvalue weighted by atomic mass is 10.0. The molecule has 3 N–H and O–H groups in total. The van der Waals surface area contributed by atoms with Crippen molar-refractivity contribution in [2.24, 2.45) is 0 Å². The molecule has 6 heteroatoms. The molecule has 1 aromatic heterocycles. The fourth-order valence-electron chi connectivity index (χ4n) is 1.97. The molecule has 1 heterocycles. The highest BCUT2D eigenvalue weighted by atomic mass is 35.5. The fourth-order valence-corrected chi connectivity index (χ4v) is 2.22. The summed E-state index contributed by atoms with van der Waals surface area (Å²) in [6.07, 6.45) is 2.77. The van der Waals surface area contributed by atoms with E-state index in [4.69, 9.17) is 22.4 Å². The van der Waals surface area contributed by atoms with Gasteiger partial charge in [-0.2, -0.15) is 0 Å². The molecule has 0 saturated carbocycles. The average molecular weight is 280 g/mol. The minimum atomic E-state index is -1.18. The smallest absolute Gasteiger partial charge is 0.358 e. The summed E-state index contributed by atoms with van der Waals surface area (Å²) >= 11 is 6.17. The Morgan fingerprint density at radius 1 is 1.42 bits per heavy atom. The van der Waals surface area contributed by atoms with Crippen molar-refractivity contribution in [1.82, 2.24) is 10.2 Å². The number of aromatic carboxylic acids is 1. The minimum Gasteiger partial charge on any atom is -0.476 e. The van der Waals surface area contributed by atoms with Crippen molar-refractivity contribution in [3.05, 3.63) is 28.4 Å². The predicted molar refractivity (Wildman–Crippen MR) is 74.5 cm³/mol. The molecule has 0 aliphatic rings. The molecule has 0 saturated heterocycles. The van der Waals surface area contributed by atoms with E-state index in [0.29, 0.717) is 15.9 Å². The van der Waals surface area contributed by atoms with Gasteiger partial charge < -0.3 is 10.8 Å². The van der Waals surface area contributed by atoms with E-state index in [1.165, 1.54) is 0 Å². The van der Waals surface area contributed by atoms with Gasteiger partial charge in [-0.1, -0.05) is 24.9 Å². The summed E-state index contributed by atoms with van der Waals surface area (Å²) in [5.41, 5.74) is 7.21. The molecule has 1 aromatic carbocycles. The first-order valence-corrected chi connectivity index (χ1v) is 6.40. The van der Waals surface area contributed by atoms with E-state index in [1.54, 1.807) is 12.1 Å². The van der Waals surface area contributed by atoms with Crippen LogP contribution in [0.3, 0.4) is 0 Å². The first-order valence-electron chi connectivity index (χ1n) is 6.02. The van der Waals surface area contributed by atoms with Gasteiger partial charge in [-0.3, -0.25) is 0 Å². The number of fused-ring (bicyclic) bond motifs is 1. The number of benzene rings is 1. The van der Waals surface area contributed by atoms with E-state index in [1.807, 2.05) is 0 Å². The topological polar surface area (TPSA) is 89.1 Å². The first-order chi connectivity index (χ1) is 9.06. The quantitative estimate of drug-likeness (QED) is 0.898. The number of carboxylic acid groups (broad SMARTS) is 1. The monoisotopic (exact) mass is 279 g/mol. The van der Waals surface area contributed by atoms with E-state index >= 15 is 0 Å². The van der Waals surface area contributed by atoms with Gasteiger partial charge in [0.1, 0.15) is 0 Å². The summed E-state index contributed by atoms with van der Waals surface area (Å²) in [6.45, 7) is 2.08. The van der Waals surface area contributed by atoms with Crippen LogP contribution in [-0.2, 0) is 6.42 Å². The van der Waals surface area contributed by atoms with Crippen molar-refractivity contribution < 1.29 is 9.90 Å². The number of rotatable bonds is 4. The predicted octanol–water partition coefficient (Wildman–Crippen LogP) is 2.91. The number of hydrogen-bond acceptors (Lipinski definition) is 4. The number of aryl methyl sites for hydroxylation is 1. The summed E-state index contributed by atoms with van der Waals surface area (Å²) < 4.78 is 0. The first kappa shape index (κ1) is 13.5. The highest BCUT2D eigenvalue weighted by Gasteiger charge is 2.17. The van der Waals surface area contributed by atoms with Gasteiger partial charge in [0.25, 0.3) is 0 Å². The molecule has 0 atom stereocenters. The second-order valence-corrected chi connectivity index (χ2v) is 4.70. The number of nitrogens with two attached hydrogens (primary N) is 1. The van der Waals surface area contributed by atoms with Crippen LogP contribution in [0.25, 0.3) is 10.9 Å². The number of aromatic nitrogens is 2. The Kier molecular flexibility index (Phi) is 3.85. The van der Waals surface area contributed by atoms with Crippen LogP contribution in [0.15, 0.2) is 12.1 Å². The number of nitrogen functional groups attached to an aromatic ring is 1. The number of carboxylic acids is 1. The van der Waals surface area contributed by atoms with Crippen molar-refractivity contribution in [1.29, 1.82) is 0 Å². The van der Waals surface area contributed by atoms with Gasteiger partial charge in [0.15, 0.2) is 5.69 Å². The molecular formula is C13H14ClN3O2. The Hall–Kier alpha value is -1.88. The standard InChI is InChI=1S/C13H14ClN3O2/c1-2-3-4-7-9(14)6-5-8-10(15)12(13(18)19)17-16-11(7)8/h5-6H,2-4H2,1H3,(H2,15,16)(H,18,19). The molecule has 2 aromatic rings. The highest BCUT2D eigenvalue weighted by Crippen LogP contribution is 2.30. The molecule has 0 aliphatic heterocycles. The molecule has 19 heavy (non-hydrogen) atoms. The SMILES string of the molecule is CCCCc1c(Cl)ccc2c(N)c(C(=O)O)nnc12. The largest absolute Gasteiger partial charge is 0.476 e. The van der Waals surface area contributed by atoms with E-state index < -0.39 is 5.97 Å². The lowest BCUT2D eigenvalue weighted by Gasteiger charge is -2.09. The van der Waals surface area contributed by atoms with Crippen LogP contribution >= 0.6 is 11.6 Å². The molecule has 0 unspecified atom stereocenters. The number of nitrogens with zero attached hydrogens (tertiary/aromatic N) is 2. The van der Waals surface area contributed by atoms with Gasteiger partial charge >= 0.3 is 5.97 Å². The van der Waals surface area contributed by atoms with Crippen molar-refractivity contribution in [2.45, 2.75) is 26.2 Å².